The molecule has 1 aliphatic carbocycles. The van der Waals surface area contributed by atoms with Gasteiger partial charge in [0.2, 0.25) is 5.91 Å². The van der Waals surface area contributed by atoms with Crippen LogP contribution < -0.4 is 0 Å². The van der Waals surface area contributed by atoms with Gasteiger partial charge < -0.3 is 4.74 Å². The van der Waals surface area contributed by atoms with Crippen LogP contribution in [0.25, 0.3) is 0 Å². The lowest BCUT2D eigenvalue weighted by Crippen LogP contribution is -2.40. The summed E-state index contributed by atoms with van der Waals surface area (Å²) in [5.74, 6) is -0.114. The van der Waals surface area contributed by atoms with Crippen LogP contribution in [-0.4, -0.2) is 34.8 Å². The maximum Gasteiger partial charge on any atom is 0.417 e. The molecule has 1 heterocycles. The van der Waals surface area contributed by atoms with E-state index in [2.05, 4.69) is 0 Å². The number of imide groups is 1. The number of ether oxygens (including phenoxy) is 1. The van der Waals surface area contributed by atoms with E-state index in [-0.39, 0.29) is 18.1 Å². The number of nitrogens with zero attached hydrogens (tertiary/aromatic N) is 1. The van der Waals surface area contributed by atoms with Gasteiger partial charge in [0.25, 0.3) is 0 Å². The summed E-state index contributed by atoms with van der Waals surface area (Å²) in [5.41, 5.74) is -1.23. The summed E-state index contributed by atoms with van der Waals surface area (Å²) in [6.07, 6.45) is 1.29. The number of likely N-dealkylation sites (tertiary alicyclic amines) is 1. The Hall–Kier alpha value is -1.39. The molecule has 0 aromatic rings. The third-order valence-corrected chi connectivity index (χ3v) is 3.54. The van der Waals surface area contributed by atoms with Crippen molar-refractivity contribution in [1.82, 2.24) is 4.90 Å². The molecule has 1 saturated carbocycles. The highest BCUT2D eigenvalue weighted by atomic mass is 16.6. The molecular formula is C13H19NO4. The molecule has 2 amide bonds. The van der Waals surface area contributed by atoms with Gasteiger partial charge in [0.1, 0.15) is 11.4 Å². The van der Waals surface area contributed by atoms with Gasteiger partial charge in [0.15, 0.2) is 0 Å². The highest BCUT2D eigenvalue weighted by molar-refractivity contribution is 6.01. The molecule has 0 N–H and O–H groups in total. The van der Waals surface area contributed by atoms with E-state index in [1.54, 1.807) is 20.8 Å². The zero-order valence-corrected chi connectivity index (χ0v) is 11.1. The van der Waals surface area contributed by atoms with Crippen LogP contribution in [0.1, 0.15) is 46.5 Å². The van der Waals surface area contributed by atoms with E-state index in [0.717, 1.165) is 4.90 Å². The summed E-state index contributed by atoms with van der Waals surface area (Å²) in [6.45, 7) is 5.65. The molecule has 0 aromatic carbocycles. The van der Waals surface area contributed by atoms with Gasteiger partial charge in [-0.1, -0.05) is 0 Å². The van der Waals surface area contributed by atoms with Crippen molar-refractivity contribution in [3.8, 4) is 0 Å². The number of rotatable bonds is 0. The molecule has 1 spiro atoms. The predicted octanol–water partition coefficient (Wildman–Crippen LogP) is 1.89. The smallest absolute Gasteiger partial charge is 0.417 e. The number of hydrogen-bond donors (Lipinski definition) is 0. The molecule has 1 saturated heterocycles. The van der Waals surface area contributed by atoms with Crippen molar-refractivity contribution in [2.24, 2.45) is 5.41 Å². The van der Waals surface area contributed by atoms with E-state index in [9.17, 15) is 14.4 Å². The zero-order chi connectivity index (χ0) is 13.6. The third kappa shape index (κ3) is 2.26. The normalized spacial score (nSPS) is 28.3. The second-order valence-corrected chi connectivity index (χ2v) is 6.18. The number of amides is 2. The van der Waals surface area contributed by atoms with Gasteiger partial charge in [-0.25, -0.2) is 9.69 Å². The Bertz CT molecular complexity index is 410. The minimum Gasteiger partial charge on any atom is -0.443 e. The van der Waals surface area contributed by atoms with Gasteiger partial charge in [-0.15, -0.1) is 0 Å². The summed E-state index contributed by atoms with van der Waals surface area (Å²) >= 11 is 0. The summed E-state index contributed by atoms with van der Waals surface area (Å²) in [5, 5.41) is 0. The van der Waals surface area contributed by atoms with E-state index in [0.29, 0.717) is 25.8 Å². The number of carbonyl (C=O) groups is 3. The Morgan fingerprint density at radius 2 is 1.94 bits per heavy atom. The largest absolute Gasteiger partial charge is 0.443 e. The molecule has 1 unspecified atom stereocenters. The average molecular weight is 253 g/mol. The van der Waals surface area contributed by atoms with Gasteiger partial charge in [0.05, 0.1) is 5.41 Å². The molecule has 2 fully saturated rings. The molecule has 5 heteroatoms. The number of carbonyl (C=O) groups excluding carboxylic acids is 3. The maximum absolute atomic E-state index is 12.3. The lowest BCUT2D eigenvalue weighted by Gasteiger charge is -2.25. The molecule has 1 aliphatic heterocycles. The Labute approximate surface area is 106 Å². The molecule has 0 radical (unpaired) electrons. The number of Topliss-reactive ketones (excluding diaryl/α,β-unsaturated/α-hetero) is 1. The second kappa shape index (κ2) is 4.07. The van der Waals surface area contributed by atoms with E-state index in [1.807, 2.05) is 0 Å². The van der Waals surface area contributed by atoms with Crippen molar-refractivity contribution >= 4 is 17.8 Å². The van der Waals surface area contributed by atoms with E-state index in [4.69, 9.17) is 4.74 Å². The molecule has 2 aliphatic rings. The van der Waals surface area contributed by atoms with E-state index >= 15 is 0 Å². The van der Waals surface area contributed by atoms with E-state index in [1.165, 1.54) is 0 Å². The highest BCUT2D eigenvalue weighted by Crippen LogP contribution is 2.45. The Balaban J connectivity index is 2.08. The molecule has 0 bridgehead atoms. The van der Waals surface area contributed by atoms with Gasteiger partial charge in [0, 0.05) is 19.4 Å². The molecule has 1 atom stereocenters. The molecule has 0 aromatic heterocycles. The van der Waals surface area contributed by atoms with Crippen LogP contribution in [0.5, 0.6) is 0 Å². The monoisotopic (exact) mass is 253 g/mol. The van der Waals surface area contributed by atoms with E-state index < -0.39 is 17.1 Å². The highest BCUT2D eigenvalue weighted by Gasteiger charge is 2.53. The Kier molecular flexibility index (Phi) is 2.95. The SMILES string of the molecule is CC(C)(C)OC(=O)N1CCC2(CCC(=O)C2)C1=O. The molecule has 5 nitrogen and oxygen atoms in total. The first-order valence-corrected chi connectivity index (χ1v) is 6.30. The lowest BCUT2D eigenvalue weighted by molar-refractivity contribution is -0.136. The van der Waals surface area contributed by atoms with Crippen LogP contribution in [-0.2, 0) is 14.3 Å². The van der Waals surface area contributed by atoms with Crippen molar-refractivity contribution in [2.45, 2.75) is 52.1 Å². The predicted molar refractivity (Wildman–Crippen MR) is 63.9 cm³/mol. The topological polar surface area (TPSA) is 63.7 Å². The molecule has 2 rings (SSSR count). The maximum atomic E-state index is 12.3. The van der Waals surface area contributed by atoms with Gasteiger partial charge >= 0.3 is 6.09 Å². The Morgan fingerprint density at radius 1 is 1.28 bits per heavy atom. The first-order chi connectivity index (χ1) is 8.23. The van der Waals surface area contributed by atoms with Crippen molar-refractivity contribution in [2.75, 3.05) is 6.54 Å². The summed E-state index contributed by atoms with van der Waals surface area (Å²) in [4.78, 5) is 36.7. The summed E-state index contributed by atoms with van der Waals surface area (Å²) in [6, 6.07) is 0. The van der Waals surface area contributed by atoms with Crippen molar-refractivity contribution < 1.29 is 19.1 Å². The van der Waals surface area contributed by atoms with Crippen molar-refractivity contribution in [3.05, 3.63) is 0 Å². The number of ketones is 1. The first-order valence-electron chi connectivity index (χ1n) is 6.30. The fraction of sp³-hybridized carbons (Fsp3) is 0.769. The number of hydrogen-bond acceptors (Lipinski definition) is 4. The Morgan fingerprint density at radius 3 is 2.44 bits per heavy atom. The van der Waals surface area contributed by atoms with Crippen LogP contribution >= 0.6 is 0 Å². The molecule has 100 valence electrons. The van der Waals surface area contributed by atoms with Crippen LogP contribution in [0, 0.1) is 5.41 Å². The summed E-state index contributed by atoms with van der Waals surface area (Å²) < 4.78 is 5.20. The summed E-state index contributed by atoms with van der Waals surface area (Å²) in [7, 11) is 0. The fourth-order valence-corrected chi connectivity index (χ4v) is 2.64. The first kappa shape index (κ1) is 13.1. The minimum absolute atomic E-state index is 0.120. The van der Waals surface area contributed by atoms with Gasteiger partial charge in [-0.2, -0.15) is 0 Å². The van der Waals surface area contributed by atoms with Crippen LogP contribution in [0.4, 0.5) is 4.79 Å². The average Bonchev–Trinajstić information content (AvgIpc) is 2.72. The van der Waals surface area contributed by atoms with Crippen LogP contribution in [0.3, 0.4) is 0 Å². The lowest BCUT2D eigenvalue weighted by atomic mass is 9.85. The zero-order valence-electron chi connectivity index (χ0n) is 11.1. The van der Waals surface area contributed by atoms with Crippen LogP contribution in [0.2, 0.25) is 0 Å². The van der Waals surface area contributed by atoms with Crippen molar-refractivity contribution in [3.63, 3.8) is 0 Å². The van der Waals surface area contributed by atoms with Gasteiger partial charge in [-0.3, -0.25) is 9.59 Å². The third-order valence-electron chi connectivity index (χ3n) is 3.54. The second-order valence-electron chi connectivity index (χ2n) is 6.18. The standard InChI is InChI=1S/C13H19NO4/c1-12(2,3)18-11(17)14-7-6-13(10(14)16)5-4-9(15)8-13/h4-8H2,1-3H3. The molecule has 18 heavy (non-hydrogen) atoms. The van der Waals surface area contributed by atoms with Gasteiger partial charge in [-0.05, 0) is 33.6 Å². The quantitative estimate of drug-likeness (QED) is 0.661. The fourth-order valence-electron chi connectivity index (χ4n) is 2.64. The minimum atomic E-state index is -0.617. The molecular weight excluding hydrogens is 234 g/mol. The van der Waals surface area contributed by atoms with Crippen molar-refractivity contribution in [1.29, 1.82) is 0 Å². The van der Waals surface area contributed by atoms with Crippen LogP contribution in [0.15, 0.2) is 0 Å².